The molecule has 0 spiro atoms. The van der Waals surface area contributed by atoms with Crippen molar-refractivity contribution < 1.29 is 14.4 Å². The zero-order valence-electron chi connectivity index (χ0n) is 17.3. The maximum Gasteiger partial charge on any atom is 0.322 e. The Kier molecular flexibility index (Phi) is 5.84. The Bertz CT molecular complexity index is 951. The van der Waals surface area contributed by atoms with Gasteiger partial charge in [0.1, 0.15) is 0 Å². The number of anilines is 1. The number of carbonyl (C=O) groups is 3. The van der Waals surface area contributed by atoms with E-state index in [1.54, 1.807) is 23.1 Å². The van der Waals surface area contributed by atoms with Crippen LogP contribution in [0.1, 0.15) is 65.3 Å². The lowest BCUT2D eigenvalue weighted by molar-refractivity contribution is 0.0549. The standard InChI is InChI=1S/C24H27N3O3/c1-2-26(16-17-9-5-3-6-10-17)24(30)25-18-13-14-20-21(15-18)23(29)27(22(20)28)19-11-7-4-8-12-19/h3,5-6,9-10,13-15,19H,2,4,7-8,11-12,16H2,1H3,(H,25,30). The van der Waals surface area contributed by atoms with Crippen molar-refractivity contribution in [2.45, 2.75) is 51.6 Å². The largest absolute Gasteiger partial charge is 0.322 e. The third kappa shape index (κ3) is 3.95. The van der Waals surface area contributed by atoms with Crippen molar-refractivity contribution in [2.75, 3.05) is 11.9 Å². The summed E-state index contributed by atoms with van der Waals surface area (Å²) in [7, 11) is 0. The molecule has 1 heterocycles. The molecule has 6 nitrogen and oxygen atoms in total. The molecule has 4 rings (SSSR count). The Morgan fingerprint density at radius 2 is 1.70 bits per heavy atom. The third-order valence-corrected chi connectivity index (χ3v) is 5.99. The van der Waals surface area contributed by atoms with Gasteiger partial charge in [-0.05, 0) is 43.5 Å². The molecule has 0 aromatic heterocycles. The molecule has 2 aromatic rings. The average molecular weight is 405 g/mol. The summed E-state index contributed by atoms with van der Waals surface area (Å²) in [5, 5.41) is 2.88. The van der Waals surface area contributed by atoms with Crippen molar-refractivity contribution in [1.29, 1.82) is 0 Å². The SMILES string of the molecule is CCN(Cc1ccccc1)C(=O)Nc1ccc2c(c1)C(=O)N(C1CCCCC1)C2=O. The smallest absolute Gasteiger partial charge is 0.320 e. The van der Waals surface area contributed by atoms with Gasteiger partial charge < -0.3 is 10.2 Å². The fourth-order valence-corrected chi connectivity index (χ4v) is 4.34. The topological polar surface area (TPSA) is 69.7 Å². The van der Waals surface area contributed by atoms with Gasteiger partial charge in [0, 0.05) is 24.8 Å². The maximum absolute atomic E-state index is 13.0. The summed E-state index contributed by atoms with van der Waals surface area (Å²) in [6, 6.07) is 14.5. The summed E-state index contributed by atoms with van der Waals surface area (Å²) in [6.45, 7) is 2.98. The number of imide groups is 1. The lowest BCUT2D eigenvalue weighted by Gasteiger charge is -2.29. The van der Waals surface area contributed by atoms with E-state index in [0.29, 0.717) is 29.9 Å². The van der Waals surface area contributed by atoms with Gasteiger partial charge in [-0.1, -0.05) is 49.6 Å². The van der Waals surface area contributed by atoms with Gasteiger partial charge in [0.05, 0.1) is 11.1 Å². The van der Waals surface area contributed by atoms with Crippen LogP contribution in [0, 0.1) is 0 Å². The molecule has 0 bridgehead atoms. The fourth-order valence-electron chi connectivity index (χ4n) is 4.34. The molecule has 156 valence electrons. The van der Waals surface area contributed by atoms with Crippen molar-refractivity contribution in [3.63, 3.8) is 0 Å². The molecule has 6 heteroatoms. The normalized spacial score (nSPS) is 16.5. The molecule has 4 amide bonds. The summed E-state index contributed by atoms with van der Waals surface area (Å²) in [5.41, 5.74) is 2.39. The van der Waals surface area contributed by atoms with Gasteiger partial charge in [-0.2, -0.15) is 0 Å². The third-order valence-electron chi connectivity index (χ3n) is 5.99. The van der Waals surface area contributed by atoms with Gasteiger partial charge in [-0.3, -0.25) is 14.5 Å². The van der Waals surface area contributed by atoms with Crippen LogP contribution < -0.4 is 5.32 Å². The number of fused-ring (bicyclic) bond motifs is 1. The highest BCUT2D eigenvalue weighted by Crippen LogP contribution is 2.32. The number of nitrogens with zero attached hydrogens (tertiary/aromatic N) is 2. The van der Waals surface area contributed by atoms with Crippen LogP contribution in [0.3, 0.4) is 0 Å². The van der Waals surface area contributed by atoms with Crippen LogP contribution >= 0.6 is 0 Å². The lowest BCUT2D eigenvalue weighted by atomic mass is 9.94. The van der Waals surface area contributed by atoms with E-state index in [2.05, 4.69) is 5.32 Å². The van der Waals surface area contributed by atoms with E-state index in [1.165, 1.54) is 4.90 Å². The molecule has 1 aliphatic carbocycles. The van der Waals surface area contributed by atoms with Gasteiger partial charge in [0.25, 0.3) is 11.8 Å². The Balaban J connectivity index is 1.48. The second-order valence-electron chi connectivity index (χ2n) is 7.96. The molecule has 2 aliphatic rings. The van der Waals surface area contributed by atoms with Crippen LogP contribution in [0.4, 0.5) is 10.5 Å². The molecule has 1 fully saturated rings. The van der Waals surface area contributed by atoms with Crippen LogP contribution in [0.5, 0.6) is 0 Å². The minimum absolute atomic E-state index is 0.00866. The average Bonchev–Trinajstić information content (AvgIpc) is 3.03. The molecule has 1 N–H and O–H groups in total. The predicted molar refractivity (Wildman–Crippen MR) is 115 cm³/mol. The molecule has 1 saturated carbocycles. The number of hydrogen-bond donors (Lipinski definition) is 1. The zero-order valence-corrected chi connectivity index (χ0v) is 17.3. The molecule has 1 aliphatic heterocycles. The lowest BCUT2D eigenvalue weighted by Crippen LogP contribution is -2.40. The molecular weight excluding hydrogens is 378 g/mol. The van der Waals surface area contributed by atoms with Crippen molar-refractivity contribution in [2.24, 2.45) is 0 Å². The van der Waals surface area contributed by atoms with Crippen molar-refractivity contribution in [3.05, 3.63) is 65.2 Å². The summed E-state index contributed by atoms with van der Waals surface area (Å²) < 4.78 is 0. The van der Waals surface area contributed by atoms with Crippen molar-refractivity contribution in [1.82, 2.24) is 9.80 Å². The first-order valence-corrected chi connectivity index (χ1v) is 10.7. The van der Waals surface area contributed by atoms with Crippen LogP contribution in [0.15, 0.2) is 48.5 Å². The summed E-state index contributed by atoms with van der Waals surface area (Å²) in [4.78, 5) is 41.7. The number of nitrogens with one attached hydrogen (secondary N) is 1. The van der Waals surface area contributed by atoms with E-state index in [9.17, 15) is 14.4 Å². The van der Waals surface area contributed by atoms with Gasteiger partial charge >= 0.3 is 6.03 Å². The summed E-state index contributed by atoms with van der Waals surface area (Å²) in [5.74, 6) is -0.450. The van der Waals surface area contributed by atoms with E-state index in [-0.39, 0.29) is 23.9 Å². The first-order valence-electron chi connectivity index (χ1n) is 10.7. The highest BCUT2D eigenvalue weighted by molar-refractivity contribution is 6.22. The zero-order chi connectivity index (χ0) is 21.1. The number of urea groups is 1. The summed E-state index contributed by atoms with van der Waals surface area (Å²) in [6.07, 6.45) is 5.01. The van der Waals surface area contributed by atoms with Gasteiger partial charge in [0.15, 0.2) is 0 Å². The Hall–Kier alpha value is -3.15. The molecule has 30 heavy (non-hydrogen) atoms. The second-order valence-corrected chi connectivity index (χ2v) is 7.96. The molecule has 2 aromatic carbocycles. The Morgan fingerprint density at radius 1 is 1.00 bits per heavy atom. The minimum Gasteiger partial charge on any atom is -0.320 e. The van der Waals surface area contributed by atoms with Crippen molar-refractivity contribution in [3.8, 4) is 0 Å². The first kappa shape index (κ1) is 20.1. The molecular formula is C24H27N3O3. The van der Waals surface area contributed by atoms with E-state index >= 15 is 0 Å². The number of amides is 4. The van der Waals surface area contributed by atoms with E-state index in [0.717, 1.165) is 37.7 Å². The molecule has 0 radical (unpaired) electrons. The van der Waals surface area contributed by atoms with E-state index in [1.807, 2.05) is 37.3 Å². The van der Waals surface area contributed by atoms with Gasteiger partial charge in [0.2, 0.25) is 0 Å². The van der Waals surface area contributed by atoms with Gasteiger partial charge in [-0.15, -0.1) is 0 Å². The Morgan fingerprint density at radius 3 is 2.40 bits per heavy atom. The molecule has 0 unspecified atom stereocenters. The van der Waals surface area contributed by atoms with Crippen molar-refractivity contribution >= 4 is 23.5 Å². The summed E-state index contributed by atoms with van der Waals surface area (Å²) >= 11 is 0. The molecule has 0 atom stereocenters. The highest BCUT2D eigenvalue weighted by Gasteiger charge is 2.40. The van der Waals surface area contributed by atoms with Gasteiger partial charge in [-0.25, -0.2) is 4.79 Å². The number of carbonyl (C=O) groups excluding carboxylic acids is 3. The first-order chi connectivity index (χ1) is 14.6. The van der Waals surface area contributed by atoms with Crippen LogP contribution in [-0.2, 0) is 6.54 Å². The quantitative estimate of drug-likeness (QED) is 0.735. The van der Waals surface area contributed by atoms with E-state index < -0.39 is 0 Å². The molecule has 0 saturated heterocycles. The Labute approximate surface area is 176 Å². The monoisotopic (exact) mass is 405 g/mol. The van der Waals surface area contributed by atoms with E-state index in [4.69, 9.17) is 0 Å². The van der Waals surface area contributed by atoms with Crippen LogP contribution in [0.25, 0.3) is 0 Å². The number of hydrogen-bond acceptors (Lipinski definition) is 3. The fraction of sp³-hybridized carbons (Fsp3) is 0.375. The number of benzene rings is 2. The van der Waals surface area contributed by atoms with Crippen LogP contribution in [0.2, 0.25) is 0 Å². The second kappa shape index (κ2) is 8.69. The van der Waals surface area contributed by atoms with Crippen LogP contribution in [-0.4, -0.2) is 40.2 Å². The predicted octanol–water partition coefficient (Wildman–Crippen LogP) is 4.67. The highest BCUT2D eigenvalue weighted by atomic mass is 16.2. The minimum atomic E-state index is -0.241. The number of rotatable bonds is 5. The maximum atomic E-state index is 13.0.